The SMILES string of the molecule is O=C(COC(=O)/C(=C/c1ccco1)n1nnnc1-c1ccccc1)Nc1cccnc1Cl. The van der Waals surface area contributed by atoms with Gasteiger partial charge in [0, 0.05) is 17.8 Å². The molecule has 32 heavy (non-hydrogen) atoms. The molecule has 4 rings (SSSR count). The quantitative estimate of drug-likeness (QED) is 0.258. The fraction of sp³-hybridized carbons (Fsp3) is 0.0476. The van der Waals surface area contributed by atoms with Crippen LogP contribution in [0.15, 0.2) is 71.5 Å². The largest absolute Gasteiger partial charge is 0.465 e. The Labute approximate surface area is 186 Å². The molecule has 1 aromatic carbocycles. The van der Waals surface area contributed by atoms with Crippen LogP contribution >= 0.6 is 11.6 Å². The number of carbonyl (C=O) groups is 2. The van der Waals surface area contributed by atoms with Crippen molar-refractivity contribution in [3.05, 3.63) is 78.0 Å². The van der Waals surface area contributed by atoms with E-state index in [9.17, 15) is 9.59 Å². The van der Waals surface area contributed by atoms with Crippen LogP contribution in [-0.2, 0) is 14.3 Å². The maximum Gasteiger partial charge on any atom is 0.357 e. The first-order valence-electron chi connectivity index (χ1n) is 9.28. The number of anilines is 1. The fourth-order valence-corrected chi connectivity index (χ4v) is 2.87. The monoisotopic (exact) mass is 450 g/mol. The summed E-state index contributed by atoms with van der Waals surface area (Å²) in [5.74, 6) is -0.742. The number of nitrogens with zero attached hydrogens (tertiary/aromatic N) is 5. The van der Waals surface area contributed by atoms with Crippen molar-refractivity contribution in [2.45, 2.75) is 0 Å². The van der Waals surface area contributed by atoms with Crippen molar-refractivity contribution < 1.29 is 18.7 Å². The van der Waals surface area contributed by atoms with E-state index >= 15 is 0 Å². The molecule has 0 saturated carbocycles. The molecule has 0 aliphatic carbocycles. The Bertz CT molecular complexity index is 1250. The van der Waals surface area contributed by atoms with Gasteiger partial charge in [-0.2, -0.15) is 4.68 Å². The lowest BCUT2D eigenvalue weighted by Crippen LogP contribution is -2.23. The van der Waals surface area contributed by atoms with Crippen molar-refractivity contribution in [2.24, 2.45) is 0 Å². The number of nitrogens with one attached hydrogen (secondary N) is 1. The summed E-state index contributed by atoms with van der Waals surface area (Å²) < 4.78 is 11.7. The Hall–Kier alpha value is -4.31. The van der Waals surface area contributed by atoms with E-state index in [4.69, 9.17) is 20.8 Å². The minimum absolute atomic E-state index is 0.0454. The van der Waals surface area contributed by atoms with E-state index in [-0.39, 0.29) is 10.9 Å². The standard InChI is InChI=1S/C21H15ClN6O4/c22-19-16(9-4-10-23-19)24-18(29)13-32-21(30)17(12-15-8-5-11-31-15)28-20(25-26-27-28)14-6-2-1-3-7-14/h1-12H,13H2,(H,24,29)/b17-12-. The number of carbonyl (C=O) groups excluding carboxylic acids is 2. The zero-order valence-corrected chi connectivity index (χ0v) is 17.1. The zero-order valence-electron chi connectivity index (χ0n) is 16.4. The summed E-state index contributed by atoms with van der Waals surface area (Å²) >= 11 is 5.93. The summed E-state index contributed by atoms with van der Waals surface area (Å²) in [6, 6.07) is 15.6. The molecule has 0 radical (unpaired) electrons. The average molecular weight is 451 g/mol. The Kier molecular flexibility index (Phi) is 6.33. The van der Waals surface area contributed by atoms with Crippen molar-refractivity contribution in [1.82, 2.24) is 25.2 Å². The highest BCUT2D eigenvalue weighted by Gasteiger charge is 2.22. The van der Waals surface area contributed by atoms with Gasteiger partial charge in [-0.3, -0.25) is 4.79 Å². The Morgan fingerprint density at radius 2 is 1.97 bits per heavy atom. The third-order valence-corrected chi connectivity index (χ3v) is 4.43. The van der Waals surface area contributed by atoms with Crippen LogP contribution in [0.25, 0.3) is 23.2 Å². The van der Waals surface area contributed by atoms with Crippen molar-refractivity contribution in [1.29, 1.82) is 0 Å². The lowest BCUT2D eigenvalue weighted by molar-refractivity contribution is -0.141. The lowest BCUT2D eigenvalue weighted by Gasteiger charge is -2.10. The van der Waals surface area contributed by atoms with Gasteiger partial charge in [-0.1, -0.05) is 41.9 Å². The molecule has 1 N–H and O–H groups in total. The summed E-state index contributed by atoms with van der Waals surface area (Å²) in [6.07, 6.45) is 4.36. The molecule has 0 aliphatic heterocycles. The number of benzene rings is 1. The first-order valence-corrected chi connectivity index (χ1v) is 9.66. The van der Waals surface area contributed by atoms with E-state index in [1.165, 1.54) is 23.2 Å². The molecule has 0 fully saturated rings. The second-order valence-corrected chi connectivity index (χ2v) is 6.65. The number of amides is 1. The highest BCUT2D eigenvalue weighted by Crippen LogP contribution is 2.21. The first kappa shape index (κ1) is 20.9. The van der Waals surface area contributed by atoms with E-state index in [0.717, 1.165) is 0 Å². The van der Waals surface area contributed by atoms with Crippen molar-refractivity contribution in [3.8, 4) is 11.4 Å². The van der Waals surface area contributed by atoms with E-state index < -0.39 is 18.5 Å². The molecule has 4 aromatic rings. The molecule has 0 saturated heterocycles. The molecule has 0 atom stereocenters. The Morgan fingerprint density at radius 1 is 1.12 bits per heavy atom. The normalized spacial score (nSPS) is 11.2. The molecule has 0 bridgehead atoms. The maximum absolute atomic E-state index is 12.9. The van der Waals surface area contributed by atoms with Gasteiger partial charge in [0.2, 0.25) is 0 Å². The van der Waals surface area contributed by atoms with E-state index in [1.54, 1.807) is 36.4 Å². The summed E-state index contributed by atoms with van der Waals surface area (Å²) in [6.45, 7) is -0.567. The second kappa shape index (κ2) is 9.67. The number of halogens is 1. The van der Waals surface area contributed by atoms with Gasteiger partial charge < -0.3 is 14.5 Å². The van der Waals surface area contributed by atoms with Gasteiger partial charge in [0.25, 0.3) is 5.91 Å². The number of aromatic nitrogens is 5. The molecule has 0 unspecified atom stereocenters. The highest BCUT2D eigenvalue weighted by molar-refractivity contribution is 6.32. The van der Waals surface area contributed by atoms with E-state index in [2.05, 4.69) is 25.8 Å². The smallest absolute Gasteiger partial charge is 0.357 e. The van der Waals surface area contributed by atoms with Crippen LogP contribution in [0.2, 0.25) is 5.15 Å². The number of esters is 1. The van der Waals surface area contributed by atoms with E-state index in [1.807, 2.05) is 18.2 Å². The van der Waals surface area contributed by atoms with Crippen LogP contribution < -0.4 is 5.32 Å². The van der Waals surface area contributed by atoms with Crippen LogP contribution in [0, 0.1) is 0 Å². The topological polar surface area (TPSA) is 125 Å². The number of rotatable bonds is 7. The number of furan rings is 1. The second-order valence-electron chi connectivity index (χ2n) is 6.29. The van der Waals surface area contributed by atoms with Crippen LogP contribution in [0.1, 0.15) is 5.76 Å². The van der Waals surface area contributed by atoms with Gasteiger partial charge in [-0.25, -0.2) is 9.78 Å². The predicted octanol–water partition coefficient (Wildman–Crippen LogP) is 3.16. The highest BCUT2D eigenvalue weighted by atomic mass is 35.5. The zero-order chi connectivity index (χ0) is 22.3. The van der Waals surface area contributed by atoms with Crippen LogP contribution in [0.3, 0.4) is 0 Å². The van der Waals surface area contributed by atoms with Gasteiger partial charge in [-0.05, 0) is 34.7 Å². The van der Waals surface area contributed by atoms with Gasteiger partial charge >= 0.3 is 5.97 Å². The molecule has 0 aliphatic rings. The molecule has 0 spiro atoms. The number of tetrazole rings is 1. The van der Waals surface area contributed by atoms with Gasteiger partial charge in [0.05, 0.1) is 12.0 Å². The van der Waals surface area contributed by atoms with Crippen LogP contribution in [0.4, 0.5) is 5.69 Å². The third kappa shape index (κ3) is 4.87. The van der Waals surface area contributed by atoms with Gasteiger partial charge in [0.15, 0.2) is 23.3 Å². The number of pyridine rings is 1. The third-order valence-electron chi connectivity index (χ3n) is 4.13. The molecule has 1 amide bonds. The molecular formula is C21H15ClN6O4. The average Bonchev–Trinajstić information content (AvgIpc) is 3.50. The van der Waals surface area contributed by atoms with Gasteiger partial charge in [-0.15, -0.1) is 5.10 Å². The minimum Gasteiger partial charge on any atom is -0.465 e. The summed E-state index contributed by atoms with van der Waals surface area (Å²) in [7, 11) is 0. The summed E-state index contributed by atoms with van der Waals surface area (Å²) in [4.78, 5) is 29.0. The molecular weight excluding hydrogens is 436 g/mol. The molecule has 11 heteroatoms. The first-order chi connectivity index (χ1) is 15.6. The van der Waals surface area contributed by atoms with Crippen molar-refractivity contribution in [2.75, 3.05) is 11.9 Å². The molecule has 10 nitrogen and oxygen atoms in total. The lowest BCUT2D eigenvalue weighted by atomic mass is 10.2. The maximum atomic E-state index is 12.9. The molecule has 3 aromatic heterocycles. The van der Waals surface area contributed by atoms with Crippen molar-refractivity contribution >= 4 is 40.9 Å². The summed E-state index contributed by atoms with van der Waals surface area (Å²) in [5.41, 5.74) is 0.934. The Morgan fingerprint density at radius 3 is 2.72 bits per heavy atom. The van der Waals surface area contributed by atoms with Crippen molar-refractivity contribution in [3.63, 3.8) is 0 Å². The van der Waals surface area contributed by atoms with Gasteiger partial charge in [0.1, 0.15) is 5.76 Å². The summed E-state index contributed by atoms with van der Waals surface area (Å²) in [5, 5.41) is 14.2. The number of hydrogen-bond donors (Lipinski definition) is 1. The van der Waals surface area contributed by atoms with Crippen LogP contribution in [-0.4, -0.2) is 43.7 Å². The minimum atomic E-state index is -0.835. The molecule has 160 valence electrons. The Balaban J connectivity index is 1.56. The molecule has 3 heterocycles. The predicted molar refractivity (Wildman–Crippen MR) is 115 cm³/mol. The van der Waals surface area contributed by atoms with Crippen LogP contribution in [0.5, 0.6) is 0 Å². The number of ether oxygens (including phenoxy) is 1. The fourth-order valence-electron chi connectivity index (χ4n) is 2.70. The number of hydrogen-bond acceptors (Lipinski definition) is 8. The van der Waals surface area contributed by atoms with E-state index in [0.29, 0.717) is 22.8 Å².